The molecule has 390 valence electrons. The Balaban J connectivity index is 0.839. The molecule has 75 heavy (non-hydrogen) atoms. The second-order valence-corrected chi connectivity index (χ2v) is 19.0. The number of hydrogen-bond acceptors (Lipinski definition) is 13. The number of carbonyl (C=O) groups excluding carboxylic acids is 3. The lowest BCUT2D eigenvalue weighted by Gasteiger charge is -2.19. The molecule has 4 aromatic carbocycles. The van der Waals surface area contributed by atoms with E-state index < -0.39 is 11.7 Å². The number of carbonyl (C=O) groups is 3. The highest BCUT2D eigenvalue weighted by molar-refractivity contribution is 6.06. The van der Waals surface area contributed by atoms with E-state index >= 15 is 0 Å². The first kappa shape index (κ1) is 52.8. The van der Waals surface area contributed by atoms with Crippen LogP contribution in [0, 0.1) is 13.8 Å². The van der Waals surface area contributed by atoms with Crippen molar-refractivity contribution in [2.75, 3.05) is 50.7 Å². The van der Waals surface area contributed by atoms with Gasteiger partial charge >= 0.3 is 6.09 Å². The van der Waals surface area contributed by atoms with E-state index in [1.165, 1.54) is 7.11 Å². The standard InChI is InChI=1S/C57H64N10O8/c1-8-48-44-17-19-49(62-52(44)66-64-48)46-31-39(16-14-34(46)2)61-55(69)37-28-42(33-43(29-37)73-24-21-58)72-23-11-9-10-12-51-45-18-20-50(63-53(45)67-65-51)47-30-38(15-13-35(47)3)60-54(68)36-26-40(71-7)32-41(27-36)74-25-22-59-56(70)75-57(4,5)6/h13-20,26-33H,8-12,21-25,58H2,1-7H3,(H,59,70)(H,60,68)(H,61,69)(H,62,64,66)(H,63,65,67). The van der Waals surface area contributed by atoms with E-state index in [1.54, 1.807) is 57.2 Å². The van der Waals surface area contributed by atoms with Gasteiger partial charge in [-0.1, -0.05) is 19.1 Å². The number of methoxy groups -OCH3 is 1. The highest BCUT2D eigenvalue weighted by atomic mass is 16.6. The van der Waals surface area contributed by atoms with Crippen molar-refractivity contribution in [1.29, 1.82) is 0 Å². The second-order valence-electron chi connectivity index (χ2n) is 19.0. The molecule has 7 N–H and O–H groups in total. The van der Waals surface area contributed by atoms with Gasteiger partial charge in [-0.05, 0) is 151 Å². The van der Waals surface area contributed by atoms with Crippen LogP contribution in [-0.2, 0) is 17.6 Å². The van der Waals surface area contributed by atoms with Crippen LogP contribution in [0.3, 0.4) is 0 Å². The Hall–Kier alpha value is -8.51. The molecule has 0 unspecified atom stereocenters. The van der Waals surface area contributed by atoms with Crippen LogP contribution in [0.4, 0.5) is 16.2 Å². The van der Waals surface area contributed by atoms with E-state index in [0.29, 0.717) is 75.6 Å². The van der Waals surface area contributed by atoms with Gasteiger partial charge in [0.2, 0.25) is 0 Å². The molecule has 4 aromatic heterocycles. The molecule has 0 bridgehead atoms. The van der Waals surface area contributed by atoms with Crippen LogP contribution in [0.5, 0.6) is 23.0 Å². The Morgan fingerprint density at radius 2 is 1.13 bits per heavy atom. The van der Waals surface area contributed by atoms with Crippen LogP contribution < -0.4 is 40.6 Å². The van der Waals surface area contributed by atoms with Gasteiger partial charge in [-0.15, -0.1) is 0 Å². The number of fused-ring (bicyclic) bond motifs is 2. The number of amides is 3. The van der Waals surface area contributed by atoms with Gasteiger partial charge in [0.1, 0.15) is 41.8 Å². The maximum Gasteiger partial charge on any atom is 0.407 e. The number of nitrogens with zero attached hydrogens (tertiary/aromatic N) is 4. The summed E-state index contributed by atoms with van der Waals surface area (Å²) in [7, 11) is 1.51. The number of unbranched alkanes of at least 4 members (excludes halogenated alkanes) is 2. The molecular formula is C57H64N10O8. The highest BCUT2D eigenvalue weighted by Crippen LogP contribution is 2.32. The van der Waals surface area contributed by atoms with Gasteiger partial charge in [-0.2, -0.15) is 10.2 Å². The molecule has 0 aliphatic carbocycles. The van der Waals surface area contributed by atoms with Crippen molar-refractivity contribution in [3.63, 3.8) is 0 Å². The number of aromatic amines is 2. The predicted octanol–water partition coefficient (Wildman–Crippen LogP) is 10.3. The fourth-order valence-corrected chi connectivity index (χ4v) is 8.37. The zero-order valence-corrected chi connectivity index (χ0v) is 43.4. The minimum Gasteiger partial charge on any atom is -0.497 e. The van der Waals surface area contributed by atoms with Gasteiger partial charge in [-0.3, -0.25) is 19.8 Å². The van der Waals surface area contributed by atoms with E-state index in [1.807, 2.05) is 74.5 Å². The van der Waals surface area contributed by atoms with Crippen LogP contribution in [0.1, 0.15) is 90.2 Å². The Morgan fingerprint density at radius 3 is 1.68 bits per heavy atom. The molecule has 4 heterocycles. The summed E-state index contributed by atoms with van der Waals surface area (Å²) in [4.78, 5) is 49.0. The largest absolute Gasteiger partial charge is 0.497 e. The average molecular weight is 1020 g/mol. The smallest absolute Gasteiger partial charge is 0.407 e. The van der Waals surface area contributed by atoms with Crippen LogP contribution in [-0.4, -0.2) is 93.9 Å². The van der Waals surface area contributed by atoms with Gasteiger partial charge in [0.25, 0.3) is 11.8 Å². The Bertz CT molecular complexity index is 3320. The van der Waals surface area contributed by atoms with E-state index in [2.05, 4.69) is 43.3 Å². The Morgan fingerprint density at radius 1 is 0.613 bits per heavy atom. The predicted molar refractivity (Wildman–Crippen MR) is 290 cm³/mol. The number of nitrogens with one attached hydrogen (secondary N) is 5. The zero-order chi connectivity index (χ0) is 53.1. The van der Waals surface area contributed by atoms with Gasteiger partial charge in [-0.25, -0.2) is 14.8 Å². The molecule has 0 radical (unpaired) electrons. The maximum absolute atomic E-state index is 13.7. The number of anilines is 2. The fraction of sp³-hybridized carbons (Fsp3) is 0.316. The normalized spacial score (nSPS) is 11.4. The van der Waals surface area contributed by atoms with Crippen LogP contribution in [0.2, 0.25) is 0 Å². The summed E-state index contributed by atoms with van der Waals surface area (Å²) in [6.45, 7) is 12.8. The Kier molecular flexibility index (Phi) is 16.9. The van der Waals surface area contributed by atoms with Crippen molar-refractivity contribution in [2.24, 2.45) is 5.73 Å². The maximum atomic E-state index is 13.7. The lowest BCUT2D eigenvalue weighted by atomic mass is 10.0. The first-order chi connectivity index (χ1) is 36.2. The summed E-state index contributed by atoms with van der Waals surface area (Å²) in [5.74, 6) is 1.19. The Labute approximate surface area is 435 Å². The number of alkyl carbamates (subject to hydrolysis) is 1. The summed E-state index contributed by atoms with van der Waals surface area (Å²) in [6.07, 6.45) is 3.60. The third-order valence-corrected chi connectivity index (χ3v) is 12.2. The SMILES string of the molecule is CCc1[nH]nc2nc(-c3cc(NC(=O)c4cc(OCCN)cc(OCCCCCc5[nH]nc6nc(-c7cc(NC(=O)c8cc(OC)cc(OCCNC(=O)OC(C)(C)C)c8)ccc7C)ccc56)c4)ccc3C)ccc12. The van der Waals surface area contributed by atoms with Crippen molar-refractivity contribution >= 4 is 51.3 Å². The molecule has 0 spiro atoms. The molecule has 0 aliphatic rings. The van der Waals surface area contributed by atoms with E-state index in [-0.39, 0.29) is 31.6 Å². The monoisotopic (exact) mass is 1020 g/mol. The van der Waals surface area contributed by atoms with Gasteiger partial charge in [0.15, 0.2) is 11.3 Å². The molecule has 3 amide bonds. The number of hydrogen-bond donors (Lipinski definition) is 6. The minimum atomic E-state index is -0.614. The number of rotatable bonds is 22. The number of H-pyrrole nitrogens is 2. The fourth-order valence-electron chi connectivity index (χ4n) is 8.37. The van der Waals surface area contributed by atoms with Crippen LogP contribution in [0.15, 0.2) is 97.1 Å². The van der Waals surface area contributed by atoms with E-state index in [0.717, 1.165) is 82.2 Å². The number of aromatic nitrogens is 6. The molecule has 0 saturated carbocycles. The van der Waals surface area contributed by atoms with E-state index in [4.69, 9.17) is 39.4 Å². The molecule has 18 nitrogen and oxygen atoms in total. The summed E-state index contributed by atoms with van der Waals surface area (Å²) in [6, 6.07) is 29.5. The lowest BCUT2D eigenvalue weighted by Crippen LogP contribution is -2.34. The molecule has 0 aliphatic heterocycles. The third-order valence-electron chi connectivity index (χ3n) is 12.2. The van der Waals surface area contributed by atoms with Crippen LogP contribution >= 0.6 is 0 Å². The molecular weight excluding hydrogens is 953 g/mol. The third kappa shape index (κ3) is 13.8. The number of pyridine rings is 2. The second kappa shape index (κ2) is 24.0. The van der Waals surface area contributed by atoms with Crippen LogP contribution in [0.25, 0.3) is 44.6 Å². The first-order valence-electron chi connectivity index (χ1n) is 25.1. The summed E-state index contributed by atoms with van der Waals surface area (Å²) >= 11 is 0. The van der Waals surface area contributed by atoms with Gasteiger partial charge in [0, 0.05) is 74.5 Å². The van der Waals surface area contributed by atoms with Crippen molar-refractivity contribution in [1.82, 2.24) is 35.7 Å². The summed E-state index contributed by atoms with van der Waals surface area (Å²) < 4.78 is 28.6. The topological polar surface area (TPSA) is 243 Å². The lowest BCUT2D eigenvalue weighted by molar-refractivity contribution is 0.0520. The average Bonchev–Trinajstić information content (AvgIpc) is 4.01. The molecule has 0 atom stereocenters. The van der Waals surface area contributed by atoms with E-state index in [9.17, 15) is 14.4 Å². The van der Waals surface area contributed by atoms with Crippen molar-refractivity contribution in [2.45, 2.75) is 79.2 Å². The minimum absolute atomic E-state index is 0.151. The van der Waals surface area contributed by atoms with Gasteiger partial charge < -0.3 is 45.4 Å². The molecule has 8 rings (SSSR count). The molecule has 0 fully saturated rings. The zero-order valence-electron chi connectivity index (χ0n) is 43.4. The number of aryl methyl sites for hydroxylation is 4. The number of nitrogens with two attached hydrogens (primary N) is 1. The molecule has 0 saturated heterocycles. The molecule has 18 heteroatoms. The van der Waals surface area contributed by atoms with Crippen molar-refractivity contribution in [3.8, 4) is 45.5 Å². The van der Waals surface area contributed by atoms with Gasteiger partial charge in [0.05, 0.1) is 31.6 Å². The summed E-state index contributed by atoms with van der Waals surface area (Å²) in [5, 5.41) is 25.8. The number of benzene rings is 4. The first-order valence-corrected chi connectivity index (χ1v) is 25.1. The van der Waals surface area contributed by atoms with Crippen molar-refractivity contribution < 1.29 is 38.1 Å². The highest BCUT2D eigenvalue weighted by Gasteiger charge is 2.18. The molecule has 8 aromatic rings. The summed E-state index contributed by atoms with van der Waals surface area (Å²) in [5.41, 5.74) is 15.5. The number of ether oxygens (including phenoxy) is 5. The quantitative estimate of drug-likeness (QED) is 0.0347. The van der Waals surface area contributed by atoms with Crippen molar-refractivity contribution in [3.05, 3.63) is 131 Å².